The summed E-state index contributed by atoms with van der Waals surface area (Å²) in [7, 11) is 0. The third-order valence-corrected chi connectivity index (χ3v) is 4.41. The lowest BCUT2D eigenvalue weighted by atomic mass is 9.92. The van der Waals surface area contributed by atoms with Crippen LogP contribution in [0.3, 0.4) is 0 Å². The van der Waals surface area contributed by atoms with Gasteiger partial charge in [-0.15, -0.1) is 0 Å². The number of piperidine rings is 1. The zero-order valence-electron chi connectivity index (χ0n) is 16.1. The summed E-state index contributed by atoms with van der Waals surface area (Å²) < 4.78 is 24.4. The predicted octanol–water partition coefficient (Wildman–Crippen LogP) is 4.54. The van der Waals surface area contributed by atoms with Crippen LogP contribution in [0, 0.1) is 21.8 Å². The van der Waals surface area contributed by atoms with Gasteiger partial charge in [0, 0.05) is 25.2 Å². The maximum absolute atomic E-state index is 13.5. The summed E-state index contributed by atoms with van der Waals surface area (Å²) in [5.74, 6) is -0.0919. The number of hydrogen-bond acceptors (Lipinski definition) is 5. The van der Waals surface area contributed by atoms with Crippen molar-refractivity contribution < 1.29 is 23.6 Å². The number of hydrogen-bond donors (Lipinski definition) is 0. The highest BCUT2D eigenvalue weighted by Crippen LogP contribution is 2.25. The number of rotatable bonds is 6. The average molecular weight is 382 g/mol. The lowest BCUT2D eigenvalue weighted by molar-refractivity contribution is -0.387. The quantitative estimate of drug-likeness (QED) is 0.410. The van der Waals surface area contributed by atoms with Crippen molar-refractivity contribution in [3.63, 3.8) is 0 Å². The van der Waals surface area contributed by atoms with Crippen LogP contribution in [0.5, 0.6) is 5.75 Å². The van der Waals surface area contributed by atoms with E-state index in [1.807, 2.05) is 20.8 Å². The monoisotopic (exact) mass is 382 g/mol. The summed E-state index contributed by atoms with van der Waals surface area (Å²) >= 11 is 0. The largest absolute Gasteiger partial charge is 0.493 e. The van der Waals surface area contributed by atoms with Gasteiger partial charge in [-0.2, -0.15) is 4.39 Å². The lowest BCUT2D eigenvalue weighted by Gasteiger charge is -2.33. The topological polar surface area (TPSA) is 81.9 Å². The van der Waals surface area contributed by atoms with E-state index in [4.69, 9.17) is 9.47 Å². The Hall–Kier alpha value is -2.38. The summed E-state index contributed by atoms with van der Waals surface area (Å²) in [6, 6.07) is 3.55. The Kier molecular flexibility index (Phi) is 6.98. The molecule has 0 unspecified atom stereocenters. The van der Waals surface area contributed by atoms with Crippen molar-refractivity contribution in [2.24, 2.45) is 5.92 Å². The molecule has 27 heavy (non-hydrogen) atoms. The molecule has 1 fully saturated rings. The Labute approximate surface area is 158 Å². The highest BCUT2D eigenvalue weighted by atomic mass is 19.1. The second-order valence-electron chi connectivity index (χ2n) is 7.77. The molecule has 1 aliphatic rings. The summed E-state index contributed by atoms with van der Waals surface area (Å²) in [5.41, 5.74) is -1.04. The fourth-order valence-corrected chi connectivity index (χ4v) is 3.02. The molecule has 1 saturated heterocycles. The van der Waals surface area contributed by atoms with Crippen molar-refractivity contribution in [1.29, 1.82) is 0 Å². The van der Waals surface area contributed by atoms with Crippen LogP contribution in [0.4, 0.5) is 14.9 Å². The van der Waals surface area contributed by atoms with Gasteiger partial charge < -0.3 is 14.4 Å². The number of carbonyl (C=O) groups excluding carboxylic acids is 1. The second-order valence-corrected chi connectivity index (χ2v) is 7.77. The minimum absolute atomic E-state index is 0.260. The van der Waals surface area contributed by atoms with Crippen molar-refractivity contribution in [2.45, 2.75) is 52.1 Å². The van der Waals surface area contributed by atoms with Crippen LogP contribution < -0.4 is 4.74 Å². The zero-order chi connectivity index (χ0) is 20.0. The first-order valence-electron chi connectivity index (χ1n) is 9.20. The minimum atomic E-state index is -0.896. The molecule has 1 aromatic carbocycles. The third-order valence-electron chi connectivity index (χ3n) is 4.41. The van der Waals surface area contributed by atoms with Gasteiger partial charge in [-0.1, -0.05) is 0 Å². The van der Waals surface area contributed by atoms with E-state index < -0.39 is 22.0 Å². The van der Waals surface area contributed by atoms with Gasteiger partial charge in [0.25, 0.3) is 0 Å². The molecule has 7 nitrogen and oxygen atoms in total. The first kappa shape index (κ1) is 20.9. The van der Waals surface area contributed by atoms with Crippen LogP contribution in [0.2, 0.25) is 0 Å². The Morgan fingerprint density at radius 1 is 1.33 bits per heavy atom. The number of nitro benzene ring substituents is 1. The van der Waals surface area contributed by atoms with Gasteiger partial charge in [-0.25, -0.2) is 4.79 Å². The van der Waals surface area contributed by atoms with Gasteiger partial charge in [-0.05, 0) is 58.4 Å². The lowest BCUT2D eigenvalue weighted by Crippen LogP contribution is -2.41. The van der Waals surface area contributed by atoms with Crippen LogP contribution in [-0.4, -0.2) is 41.2 Å². The Balaban J connectivity index is 1.67. The Morgan fingerprint density at radius 3 is 2.56 bits per heavy atom. The molecule has 1 aliphatic heterocycles. The number of likely N-dealkylation sites (tertiary alicyclic amines) is 1. The third kappa shape index (κ3) is 6.69. The van der Waals surface area contributed by atoms with E-state index in [2.05, 4.69) is 0 Å². The molecular weight excluding hydrogens is 355 g/mol. The summed E-state index contributed by atoms with van der Waals surface area (Å²) in [4.78, 5) is 23.6. The van der Waals surface area contributed by atoms with Gasteiger partial charge in [0.15, 0.2) is 0 Å². The molecule has 150 valence electrons. The van der Waals surface area contributed by atoms with Crippen LogP contribution in [0.15, 0.2) is 18.2 Å². The predicted molar refractivity (Wildman–Crippen MR) is 98.3 cm³/mol. The SMILES string of the molecule is CC(C)(C)OC(=O)N1CCC(CCCOc2ccc([N+](=O)[O-])c(F)c2)CC1. The van der Waals surface area contributed by atoms with Crippen molar-refractivity contribution in [2.75, 3.05) is 19.7 Å². The smallest absolute Gasteiger partial charge is 0.410 e. The standard InChI is InChI=1S/C19H27FN2O5/c1-19(2,3)27-18(23)21-10-8-14(9-11-21)5-4-12-26-15-6-7-17(22(24)25)16(20)13-15/h6-7,13-14H,4-5,8-12H2,1-3H3. The number of halogens is 1. The van der Waals surface area contributed by atoms with E-state index in [0.29, 0.717) is 25.6 Å². The average Bonchev–Trinajstić information content (AvgIpc) is 2.57. The number of ether oxygens (including phenoxy) is 2. The highest BCUT2D eigenvalue weighted by molar-refractivity contribution is 5.68. The van der Waals surface area contributed by atoms with Crippen molar-refractivity contribution in [3.05, 3.63) is 34.1 Å². The van der Waals surface area contributed by atoms with Crippen LogP contribution in [-0.2, 0) is 4.74 Å². The van der Waals surface area contributed by atoms with Crippen molar-refractivity contribution in [3.8, 4) is 5.75 Å². The van der Waals surface area contributed by atoms with Crippen molar-refractivity contribution >= 4 is 11.8 Å². The number of carbonyl (C=O) groups is 1. The normalized spacial score (nSPS) is 15.5. The molecule has 1 amide bonds. The molecule has 2 rings (SSSR count). The summed E-state index contributed by atoms with van der Waals surface area (Å²) in [5, 5.41) is 10.6. The van der Waals surface area contributed by atoms with Gasteiger partial charge in [-0.3, -0.25) is 10.1 Å². The Morgan fingerprint density at radius 2 is 2.00 bits per heavy atom. The highest BCUT2D eigenvalue weighted by Gasteiger charge is 2.26. The van der Waals surface area contributed by atoms with Gasteiger partial charge in [0.05, 0.1) is 11.5 Å². The van der Waals surface area contributed by atoms with E-state index in [0.717, 1.165) is 37.8 Å². The molecule has 0 saturated carbocycles. The van der Waals surface area contributed by atoms with Crippen LogP contribution in [0.1, 0.15) is 46.5 Å². The molecule has 1 heterocycles. The molecule has 0 N–H and O–H groups in total. The first-order chi connectivity index (χ1) is 12.7. The van der Waals surface area contributed by atoms with Crippen LogP contribution >= 0.6 is 0 Å². The summed E-state index contributed by atoms with van der Waals surface area (Å²) in [6.07, 6.45) is 3.34. The van der Waals surface area contributed by atoms with Gasteiger partial charge in [0.2, 0.25) is 5.82 Å². The zero-order valence-corrected chi connectivity index (χ0v) is 16.1. The maximum Gasteiger partial charge on any atom is 0.410 e. The molecule has 1 aromatic rings. The molecule has 8 heteroatoms. The van der Waals surface area contributed by atoms with E-state index in [9.17, 15) is 19.3 Å². The van der Waals surface area contributed by atoms with E-state index in [1.165, 1.54) is 6.07 Å². The molecule has 0 aromatic heterocycles. The maximum atomic E-state index is 13.5. The molecule has 0 spiro atoms. The fourth-order valence-electron chi connectivity index (χ4n) is 3.02. The summed E-state index contributed by atoms with van der Waals surface area (Å²) in [6.45, 7) is 7.36. The van der Waals surface area contributed by atoms with E-state index in [-0.39, 0.29) is 11.8 Å². The molecule has 0 radical (unpaired) electrons. The van der Waals surface area contributed by atoms with Gasteiger partial charge in [0.1, 0.15) is 11.4 Å². The number of amides is 1. The second kappa shape index (κ2) is 9.01. The fraction of sp³-hybridized carbons (Fsp3) is 0.632. The van der Waals surface area contributed by atoms with Crippen molar-refractivity contribution in [1.82, 2.24) is 4.90 Å². The molecule has 0 atom stereocenters. The van der Waals surface area contributed by atoms with E-state index in [1.54, 1.807) is 4.90 Å². The molecule has 0 aliphatic carbocycles. The van der Waals surface area contributed by atoms with Gasteiger partial charge >= 0.3 is 11.8 Å². The number of nitro groups is 1. The number of nitrogens with zero attached hydrogens (tertiary/aromatic N) is 2. The minimum Gasteiger partial charge on any atom is -0.493 e. The first-order valence-corrected chi connectivity index (χ1v) is 9.20. The van der Waals surface area contributed by atoms with E-state index >= 15 is 0 Å². The number of benzene rings is 1. The molecule has 0 bridgehead atoms. The van der Waals surface area contributed by atoms with Crippen LogP contribution in [0.25, 0.3) is 0 Å². The Bertz CT molecular complexity index is 667. The molecular formula is C19H27FN2O5.